The highest BCUT2D eigenvalue weighted by Gasteiger charge is 2.22. The molecule has 0 radical (unpaired) electrons. The fourth-order valence-corrected chi connectivity index (χ4v) is 2.14. The molecule has 94 valence electrons. The van der Waals surface area contributed by atoms with E-state index in [4.69, 9.17) is 5.11 Å². The molecule has 0 aliphatic rings. The van der Waals surface area contributed by atoms with Crippen LogP contribution in [0.15, 0.2) is 0 Å². The van der Waals surface area contributed by atoms with Crippen molar-refractivity contribution in [2.45, 2.75) is 38.8 Å². The van der Waals surface area contributed by atoms with Gasteiger partial charge < -0.3 is 15.5 Å². The summed E-state index contributed by atoms with van der Waals surface area (Å²) < 4.78 is 0. The molecule has 0 aliphatic carbocycles. The van der Waals surface area contributed by atoms with Crippen LogP contribution >= 0.6 is 11.8 Å². The topological polar surface area (TPSA) is 86.6 Å². The van der Waals surface area contributed by atoms with E-state index < -0.39 is 17.6 Å². The van der Waals surface area contributed by atoms with Gasteiger partial charge in [-0.3, -0.25) is 4.79 Å². The Labute approximate surface area is 99.6 Å². The van der Waals surface area contributed by atoms with E-state index in [0.717, 1.165) is 0 Å². The minimum absolute atomic E-state index is 0.255. The Bertz CT molecular complexity index is 255. The van der Waals surface area contributed by atoms with Crippen molar-refractivity contribution in [2.75, 3.05) is 11.5 Å². The van der Waals surface area contributed by atoms with Crippen molar-refractivity contribution in [3.05, 3.63) is 0 Å². The van der Waals surface area contributed by atoms with Gasteiger partial charge in [0.15, 0.2) is 0 Å². The lowest BCUT2D eigenvalue weighted by Gasteiger charge is -2.21. The first kappa shape index (κ1) is 15.2. The van der Waals surface area contributed by atoms with E-state index in [9.17, 15) is 14.7 Å². The summed E-state index contributed by atoms with van der Waals surface area (Å²) in [6, 6.07) is -0.893. The van der Waals surface area contributed by atoms with E-state index in [1.165, 1.54) is 18.7 Å². The van der Waals surface area contributed by atoms with Crippen molar-refractivity contribution in [1.82, 2.24) is 5.32 Å². The Morgan fingerprint density at radius 3 is 2.44 bits per heavy atom. The number of thioether (sulfide) groups is 1. The molecule has 0 aromatic heterocycles. The lowest BCUT2D eigenvalue weighted by atomic mass is 10.1. The molecular weight excluding hydrogens is 230 g/mol. The van der Waals surface area contributed by atoms with Crippen LogP contribution in [0.25, 0.3) is 0 Å². The monoisotopic (exact) mass is 249 g/mol. The van der Waals surface area contributed by atoms with Crippen molar-refractivity contribution < 1.29 is 19.8 Å². The summed E-state index contributed by atoms with van der Waals surface area (Å²) in [6.07, 6.45) is 0.609. The average molecular weight is 249 g/mol. The predicted octanol–water partition coefficient (Wildman–Crippen LogP) is 0.470. The van der Waals surface area contributed by atoms with Crippen LogP contribution in [0.4, 0.5) is 0 Å². The molecule has 6 heteroatoms. The van der Waals surface area contributed by atoms with Crippen molar-refractivity contribution in [3.8, 4) is 0 Å². The van der Waals surface area contributed by atoms with Crippen molar-refractivity contribution >= 4 is 23.6 Å². The van der Waals surface area contributed by atoms with Crippen LogP contribution < -0.4 is 5.32 Å². The van der Waals surface area contributed by atoms with Gasteiger partial charge in [0.25, 0.3) is 0 Å². The van der Waals surface area contributed by atoms with Crippen LogP contribution in [0, 0.1) is 0 Å². The number of rotatable bonds is 7. The third-order valence-electron chi connectivity index (χ3n) is 2.13. The molecule has 0 spiro atoms. The molecule has 5 nitrogen and oxygen atoms in total. The molecule has 0 saturated carbocycles. The molecule has 0 aliphatic heterocycles. The average Bonchev–Trinajstić information content (AvgIpc) is 2.15. The molecule has 0 fully saturated rings. The molecule has 3 N–H and O–H groups in total. The minimum atomic E-state index is -1.06. The Morgan fingerprint density at radius 1 is 1.50 bits per heavy atom. The first-order valence-electron chi connectivity index (χ1n) is 5.08. The molecule has 1 amide bonds. The number of hydrogen-bond donors (Lipinski definition) is 3. The zero-order valence-electron chi connectivity index (χ0n) is 9.82. The molecule has 16 heavy (non-hydrogen) atoms. The summed E-state index contributed by atoms with van der Waals surface area (Å²) in [5.74, 6) is -0.716. The highest BCUT2D eigenvalue weighted by Crippen LogP contribution is 2.17. The van der Waals surface area contributed by atoms with Gasteiger partial charge in [-0.05, 0) is 13.3 Å². The predicted molar refractivity (Wildman–Crippen MR) is 63.5 cm³/mol. The van der Waals surface area contributed by atoms with E-state index in [2.05, 4.69) is 5.32 Å². The summed E-state index contributed by atoms with van der Waals surface area (Å²) in [5.41, 5.74) is -0.788. The van der Waals surface area contributed by atoms with Gasteiger partial charge in [0.05, 0.1) is 5.60 Å². The Kier molecular flexibility index (Phi) is 6.43. The van der Waals surface area contributed by atoms with Crippen molar-refractivity contribution in [1.29, 1.82) is 0 Å². The van der Waals surface area contributed by atoms with E-state index in [0.29, 0.717) is 12.2 Å². The third kappa shape index (κ3) is 6.68. The fourth-order valence-electron chi connectivity index (χ4n) is 0.919. The number of carboxylic acid groups (broad SMARTS) is 1. The van der Waals surface area contributed by atoms with E-state index in [-0.39, 0.29) is 11.7 Å². The van der Waals surface area contributed by atoms with E-state index in [1.807, 2.05) is 6.92 Å². The zero-order chi connectivity index (χ0) is 12.8. The Morgan fingerprint density at radius 2 is 2.06 bits per heavy atom. The van der Waals surface area contributed by atoms with Gasteiger partial charge in [-0.2, -0.15) is 11.8 Å². The first-order chi connectivity index (χ1) is 7.28. The lowest BCUT2D eigenvalue weighted by molar-refractivity contribution is -0.140. The summed E-state index contributed by atoms with van der Waals surface area (Å²) >= 11 is 1.32. The molecule has 1 unspecified atom stereocenters. The number of carbonyl (C=O) groups excluding carboxylic acids is 1. The summed E-state index contributed by atoms with van der Waals surface area (Å²) in [6.45, 7) is 4.85. The highest BCUT2D eigenvalue weighted by molar-refractivity contribution is 7.99. The second kappa shape index (κ2) is 6.75. The van der Waals surface area contributed by atoms with Gasteiger partial charge >= 0.3 is 5.97 Å². The summed E-state index contributed by atoms with van der Waals surface area (Å²) in [5, 5.41) is 20.9. The van der Waals surface area contributed by atoms with Gasteiger partial charge in [0.2, 0.25) is 5.91 Å². The third-order valence-corrected chi connectivity index (χ3v) is 3.53. The standard InChI is InChI=1S/C10H19NO4S/c1-4-10(3,15)6-16-5-8(9(13)14)11-7(2)12/h8,15H,4-6H2,1-3H3,(H,11,12)(H,13,14)/t8-,10?/m0/s1. The smallest absolute Gasteiger partial charge is 0.327 e. The van der Waals surface area contributed by atoms with E-state index >= 15 is 0 Å². The van der Waals surface area contributed by atoms with Crippen LogP contribution in [-0.2, 0) is 9.59 Å². The maximum Gasteiger partial charge on any atom is 0.327 e. The maximum absolute atomic E-state index is 10.8. The molecule has 0 heterocycles. The number of aliphatic carboxylic acids is 1. The molecule has 0 aromatic rings. The lowest BCUT2D eigenvalue weighted by Crippen LogP contribution is -2.42. The number of carbonyl (C=O) groups is 2. The zero-order valence-corrected chi connectivity index (χ0v) is 10.6. The number of carboxylic acids is 1. The van der Waals surface area contributed by atoms with Crippen LogP contribution in [0.3, 0.4) is 0 Å². The highest BCUT2D eigenvalue weighted by atomic mass is 32.2. The first-order valence-corrected chi connectivity index (χ1v) is 6.24. The van der Waals surface area contributed by atoms with Gasteiger partial charge in [0, 0.05) is 18.4 Å². The van der Waals surface area contributed by atoms with Gasteiger partial charge in [-0.15, -0.1) is 0 Å². The Hall–Kier alpha value is -0.750. The van der Waals surface area contributed by atoms with Gasteiger partial charge in [-0.25, -0.2) is 4.79 Å². The number of aliphatic hydroxyl groups is 1. The molecular formula is C10H19NO4S. The summed E-state index contributed by atoms with van der Waals surface area (Å²) in [7, 11) is 0. The second-order valence-corrected chi connectivity index (χ2v) is 4.99. The van der Waals surface area contributed by atoms with Crippen LogP contribution in [-0.4, -0.2) is 45.2 Å². The minimum Gasteiger partial charge on any atom is -0.480 e. The Balaban J connectivity index is 4.04. The molecule has 0 rings (SSSR count). The normalized spacial score (nSPS) is 16.2. The van der Waals surface area contributed by atoms with Gasteiger partial charge in [-0.1, -0.05) is 6.92 Å². The number of hydrogen-bond acceptors (Lipinski definition) is 4. The second-order valence-electron chi connectivity index (χ2n) is 3.96. The SMILES string of the molecule is CCC(C)(O)CSC[C@H](NC(C)=O)C(=O)O. The molecule has 0 aromatic carbocycles. The van der Waals surface area contributed by atoms with Crippen LogP contribution in [0.5, 0.6) is 0 Å². The molecule has 0 bridgehead atoms. The van der Waals surface area contributed by atoms with Crippen LogP contribution in [0.1, 0.15) is 27.2 Å². The molecule has 0 saturated heterocycles. The van der Waals surface area contributed by atoms with Gasteiger partial charge in [0.1, 0.15) is 6.04 Å². The fraction of sp³-hybridized carbons (Fsp3) is 0.800. The maximum atomic E-state index is 10.8. The van der Waals surface area contributed by atoms with Crippen molar-refractivity contribution in [3.63, 3.8) is 0 Å². The number of nitrogens with one attached hydrogen (secondary N) is 1. The number of amides is 1. The molecule has 2 atom stereocenters. The van der Waals surface area contributed by atoms with E-state index in [1.54, 1.807) is 6.92 Å². The largest absolute Gasteiger partial charge is 0.480 e. The quantitative estimate of drug-likeness (QED) is 0.610. The van der Waals surface area contributed by atoms with Crippen molar-refractivity contribution in [2.24, 2.45) is 0 Å². The summed E-state index contributed by atoms with van der Waals surface area (Å²) in [4.78, 5) is 21.5. The van der Waals surface area contributed by atoms with Crippen LogP contribution in [0.2, 0.25) is 0 Å².